The van der Waals surface area contributed by atoms with Crippen LogP contribution in [-0.2, 0) is 0 Å². The van der Waals surface area contributed by atoms with Gasteiger partial charge in [-0.05, 0) is 49.2 Å². The third kappa shape index (κ3) is 2.42. The van der Waals surface area contributed by atoms with Crippen LogP contribution in [0.15, 0.2) is 10.8 Å². The van der Waals surface area contributed by atoms with Crippen LogP contribution in [0.1, 0.15) is 22.3 Å². The van der Waals surface area contributed by atoms with E-state index >= 15 is 0 Å². The Balaban J connectivity index is 0.00000120. The Kier molecular flexibility index (Phi) is 4.30. The van der Waals surface area contributed by atoms with Gasteiger partial charge in [-0.3, -0.25) is 4.79 Å². The first kappa shape index (κ1) is 13.8. The van der Waals surface area contributed by atoms with Crippen molar-refractivity contribution in [1.29, 1.82) is 0 Å². The van der Waals surface area contributed by atoms with Gasteiger partial charge in [-0.25, -0.2) is 0 Å². The van der Waals surface area contributed by atoms with Crippen LogP contribution in [0.2, 0.25) is 0 Å². The SMILES string of the molecule is Cc1cscc1C(=O)N1CCC2CNCC2C1.Cl. The van der Waals surface area contributed by atoms with Crippen LogP contribution in [0.25, 0.3) is 0 Å². The molecule has 5 heteroatoms. The predicted octanol–water partition coefficient (Wildman–Crippen LogP) is 2.16. The summed E-state index contributed by atoms with van der Waals surface area (Å²) in [6, 6.07) is 0. The van der Waals surface area contributed by atoms with E-state index in [4.69, 9.17) is 0 Å². The number of likely N-dealkylation sites (tertiary alicyclic amines) is 1. The Morgan fingerprint density at radius 1 is 1.39 bits per heavy atom. The van der Waals surface area contributed by atoms with Crippen molar-refractivity contribution in [3.05, 3.63) is 21.9 Å². The van der Waals surface area contributed by atoms with Gasteiger partial charge in [0.05, 0.1) is 5.56 Å². The minimum atomic E-state index is 0. The van der Waals surface area contributed by atoms with Crippen LogP contribution in [0, 0.1) is 18.8 Å². The molecule has 2 fully saturated rings. The summed E-state index contributed by atoms with van der Waals surface area (Å²) in [6.45, 7) is 6.11. The van der Waals surface area contributed by atoms with Gasteiger partial charge in [-0.15, -0.1) is 12.4 Å². The van der Waals surface area contributed by atoms with Gasteiger partial charge in [0.15, 0.2) is 0 Å². The van der Waals surface area contributed by atoms with E-state index in [9.17, 15) is 4.79 Å². The smallest absolute Gasteiger partial charge is 0.254 e. The lowest BCUT2D eigenvalue weighted by Crippen LogP contribution is -2.43. The van der Waals surface area contributed by atoms with Gasteiger partial charge in [0.25, 0.3) is 5.91 Å². The van der Waals surface area contributed by atoms with E-state index in [-0.39, 0.29) is 18.3 Å². The number of carbonyl (C=O) groups excluding carboxylic acids is 1. The predicted molar refractivity (Wildman–Crippen MR) is 76.7 cm³/mol. The van der Waals surface area contributed by atoms with Crippen LogP contribution < -0.4 is 5.32 Å². The second-order valence-electron chi connectivity index (χ2n) is 5.19. The Bertz CT molecular complexity index is 434. The fourth-order valence-electron chi connectivity index (χ4n) is 2.97. The second kappa shape index (κ2) is 5.59. The minimum Gasteiger partial charge on any atom is -0.338 e. The molecule has 100 valence electrons. The normalized spacial score (nSPS) is 26.6. The number of rotatable bonds is 1. The highest BCUT2D eigenvalue weighted by atomic mass is 35.5. The number of piperidine rings is 1. The molecule has 3 nitrogen and oxygen atoms in total. The molecule has 2 atom stereocenters. The van der Waals surface area contributed by atoms with E-state index in [1.165, 1.54) is 0 Å². The number of halogens is 1. The van der Waals surface area contributed by atoms with Crippen molar-refractivity contribution in [2.24, 2.45) is 11.8 Å². The van der Waals surface area contributed by atoms with Crippen molar-refractivity contribution in [2.75, 3.05) is 26.2 Å². The van der Waals surface area contributed by atoms with Crippen LogP contribution in [-0.4, -0.2) is 37.0 Å². The molecule has 0 bridgehead atoms. The first-order chi connectivity index (χ1) is 8.25. The summed E-state index contributed by atoms with van der Waals surface area (Å²) in [5.74, 6) is 1.70. The van der Waals surface area contributed by atoms with E-state index in [0.717, 1.165) is 49.6 Å². The number of hydrogen-bond acceptors (Lipinski definition) is 3. The maximum absolute atomic E-state index is 12.4. The van der Waals surface area contributed by atoms with Gasteiger partial charge in [-0.2, -0.15) is 11.3 Å². The number of carbonyl (C=O) groups is 1. The van der Waals surface area contributed by atoms with Crippen molar-refractivity contribution in [2.45, 2.75) is 13.3 Å². The molecule has 2 unspecified atom stereocenters. The lowest BCUT2D eigenvalue weighted by molar-refractivity contribution is 0.0642. The Hall–Kier alpha value is -0.580. The molecule has 3 heterocycles. The summed E-state index contributed by atoms with van der Waals surface area (Å²) in [7, 11) is 0. The van der Waals surface area contributed by atoms with Crippen molar-refractivity contribution >= 4 is 29.7 Å². The molecule has 0 radical (unpaired) electrons. The Morgan fingerprint density at radius 3 is 2.89 bits per heavy atom. The van der Waals surface area contributed by atoms with Crippen molar-refractivity contribution in [3.8, 4) is 0 Å². The molecule has 1 aromatic rings. The number of hydrogen-bond donors (Lipinski definition) is 1. The molecule has 0 spiro atoms. The maximum Gasteiger partial charge on any atom is 0.254 e. The van der Waals surface area contributed by atoms with Crippen molar-refractivity contribution < 1.29 is 4.79 Å². The number of aryl methyl sites for hydroxylation is 1. The first-order valence-corrected chi connectivity index (χ1v) is 7.23. The van der Waals surface area contributed by atoms with Gasteiger partial charge in [0, 0.05) is 18.5 Å². The highest BCUT2D eigenvalue weighted by molar-refractivity contribution is 7.08. The quantitative estimate of drug-likeness (QED) is 0.858. The van der Waals surface area contributed by atoms with Crippen LogP contribution in [0.5, 0.6) is 0 Å². The standard InChI is InChI=1S/C13H18N2OS.ClH/c1-9-7-17-8-12(9)13(16)15-3-2-10-4-14-5-11(10)6-15;/h7-8,10-11,14H,2-6H2,1H3;1H. The number of nitrogens with one attached hydrogen (secondary N) is 1. The molecule has 2 aliphatic rings. The van der Waals surface area contributed by atoms with Crippen LogP contribution >= 0.6 is 23.7 Å². The van der Waals surface area contributed by atoms with Gasteiger partial charge >= 0.3 is 0 Å². The minimum absolute atomic E-state index is 0. The molecule has 0 aromatic carbocycles. The Labute approximate surface area is 118 Å². The van der Waals surface area contributed by atoms with Gasteiger partial charge < -0.3 is 10.2 Å². The van der Waals surface area contributed by atoms with Crippen LogP contribution in [0.3, 0.4) is 0 Å². The molecule has 0 aliphatic carbocycles. The zero-order valence-corrected chi connectivity index (χ0v) is 12.1. The molecular formula is C13H19ClN2OS. The highest BCUT2D eigenvalue weighted by Crippen LogP contribution is 2.28. The molecular weight excluding hydrogens is 268 g/mol. The summed E-state index contributed by atoms with van der Waals surface area (Å²) < 4.78 is 0. The summed E-state index contributed by atoms with van der Waals surface area (Å²) in [6.07, 6.45) is 1.16. The first-order valence-electron chi connectivity index (χ1n) is 6.28. The monoisotopic (exact) mass is 286 g/mol. The lowest BCUT2D eigenvalue weighted by atomic mass is 9.88. The fourth-order valence-corrected chi connectivity index (χ4v) is 3.79. The van der Waals surface area contributed by atoms with Gasteiger partial charge in [-0.1, -0.05) is 0 Å². The number of thiophene rings is 1. The molecule has 18 heavy (non-hydrogen) atoms. The third-order valence-corrected chi connectivity index (χ3v) is 4.94. The Morgan fingerprint density at radius 2 is 2.17 bits per heavy atom. The molecule has 2 aliphatic heterocycles. The number of fused-ring (bicyclic) bond motifs is 1. The van der Waals surface area contributed by atoms with E-state index in [2.05, 4.69) is 10.7 Å². The largest absolute Gasteiger partial charge is 0.338 e. The van der Waals surface area contributed by atoms with Crippen molar-refractivity contribution in [1.82, 2.24) is 10.2 Å². The van der Waals surface area contributed by atoms with Crippen LogP contribution in [0.4, 0.5) is 0 Å². The average Bonchev–Trinajstić information content (AvgIpc) is 2.95. The van der Waals surface area contributed by atoms with Crippen molar-refractivity contribution in [3.63, 3.8) is 0 Å². The summed E-state index contributed by atoms with van der Waals surface area (Å²) in [4.78, 5) is 14.4. The summed E-state index contributed by atoms with van der Waals surface area (Å²) >= 11 is 1.62. The molecule has 0 saturated carbocycles. The maximum atomic E-state index is 12.4. The van der Waals surface area contributed by atoms with E-state index < -0.39 is 0 Å². The fraction of sp³-hybridized carbons (Fsp3) is 0.615. The zero-order valence-electron chi connectivity index (χ0n) is 10.5. The number of amides is 1. The molecule has 1 aromatic heterocycles. The second-order valence-corrected chi connectivity index (χ2v) is 5.93. The molecule has 1 N–H and O–H groups in total. The molecule has 1 amide bonds. The van der Waals surface area contributed by atoms with Gasteiger partial charge in [0.2, 0.25) is 0 Å². The molecule has 3 rings (SSSR count). The van der Waals surface area contributed by atoms with E-state index in [1.807, 2.05) is 17.2 Å². The summed E-state index contributed by atoms with van der Waals surface area (Å²) in [5.41, 5.74) is 2.02. The highest BCUT2D eigenvalue weighted by Gasteiger charge is 2.34. The third-order valence-electron chi connectivity index (χ3n) is 4.08. The van der Waals surface area contributed by atoms with Gasteiger partial charge in [0.1, 0.15) is 0 Å². The van der Waals surface area contributed by atoms with E-state index in [0.29, 0.717) is 5.92 Å². The van der Waals surface area contributed by atoms with E-state index in [1.54, 1.807) is 11.3 Å². The topological polar surface area (TPSA) is 32.3 Å². The summed E-state index contributed by atoms with van der Waals surface area (Å²) in [5, 5.41) is 7.47. The average molecular weight is 287 g/mol. The molecule has 2 saturated heterocycles. The lowest BCUT2D eigenvalue weighted by Gasteiger charge is -2.34. The zero-order chi connectivity index (χ0) is 11.8. The number of nitrogens with zero attached hydrogens (tertiary/aromatic N) is 1.